The fourth-order valence-electron chi connectivity index (χ4n) is 2.59. The average Bonchev–Trinajstić information content (AvgIpc) is 2.47. The molecule has 3 N–H and O–H groups in total. The quantitative estimate of drug-likeness (QED) is 0.663. The van der Waals surface area contributed by atoms with Gasteiger partial charge in [0, 0.05) is 25.1 Å². The van der Waals surface area contributed by atoms with Gasteiger partial charge in [-0.05, 0) is 19.8 Å². The summed E-state index contributed by atoms with van der Waals surface area (Å²) in [4.78, 5) is 10.3. The molecular formula is C13H20F3N5. The van der Waals surface area contributed by atoms with Gasteiger partial charge in [-0.2, -0.15) is 13.2 Å². The van der Waals surface area contributed by atoms with Crippen LogP contribution in [0.4, 0.5) is 24.8 Å². The molecule has 0 saturated carbocycles. The van der Waals surface area contributed by atoms with E-state index in [4.69, 9.17) is 5.84 Å². The van der Waals surface area contributed by atoms with Gasteiger partial charge in [0.15, 0.2) is 0 Å². The van der Waals surface area contributed by atoms with Gasteiger partial charge in [-0.3, -0.25) is 0 Å². The number of aromatic nitrogens is 2. The predicted octanol–water partition coefficient (Wildman–Crippen LogP) is 2.41. The number of halogens is 3. The smallest absolute Gasteiger partial charge is 0.356 e. The van der Waals surface area contributed by atoms with E-state index in [9.17, 15) is 13.2 Å². The third-order valence-corrected chi connectivity index (χ3v) is 3.80. The number of nitrogens with zero attached hydrogens (tertiary/aromatic N) is 3. The molecule has 0 radical (unpaired) electrons. The molecule has 2 heterocycles. The van der Waals surface area contributed by atoms with Crippen molar-refractivity contribution in [2.24, 2.45) is 11.8 Å². The second kappa shape index (κ2) is 6.05. The summed E-state index contributed by atoms with van der Waals surface area (Å²) in [5.41, 5.74) is 3.17. The minimum atomic E-state index is -4.16. The minimum Gasteiger partial charge on any atom is -0.356 e. The normalized spacial score (nSPS) is 19.7. The summed E-state index contributed by atoms with van der Waals surface area (Å²) in [6.07, 6.45) is -2.89. The molecule has 0 aromatic carbocycles. The van der Waals surface area contributed by atoms with Crippen LogP contribution in [-0.2, 0) is 6.42 Å². The van der Waals surface area contributed by atoms with E-state index < -0.39 is 12.1 Å². The van der Waals surface area contributed by atoms with Crippen LogP contribution in [0.3, 0.4) is 0 Å². The van der Waals surface area contributed by atoms with Crippen molar-refractivity contribution in [3.8, 4) is 0 Å². The largest absolute Gasteiger partial charge is 0.393 e. The van der Waals surface area contributed by atoms with E-state index in [1.54, 1.807) is 11.8 Å². The Morgan fingerprint density at radius 1 is 1.38 bits per heavy atom. The van der Waals surface area contributed by atoms with Crippen molar-refractivity contribution in [2.45, 2.75) is 39.3 Å². The molecule has 5 nitrogen and oxygen atoms in total. The molecule has 0 aliphatic carbocycles. The van der Waals surface area contributed by atoms with Crippen LogP contribution in [0, 0.1) is 12.8 Å². The Morgan fingerprint density at radius 2 is 2.10 bits per heavy atom. The number of nitrogens with one attached hydrogen (secondary N) is 1. The van der Waals surface area contributed by atoms with Crippen molar-refractivity contribution in [1.29, 1.82) is 0 Å². The van der Waals surface area contributed by atoms with Crippen molar-refractivity contribution in [1.82, 2.24) is 9.97 Å². The number of rotatable bonds is 3. The van der Waals surface area contributed by atoms with Crippen molar-refractivity contribution in [3.63, 3.8) is 0 Å². The third kappa shape index (κ3) is 3.37. The summed E-state index contributed by atoms with van der Waals surface area (Å²) in [7, 11) is 0. The fraction of sp³-hybridized carbons (Fsp3) is 0.692. The van der Waals surface area contributed by atoms with Gasteiger partial charge < -0.3 is 10.3 Å². The van der Waals surface area contributed by atoms with E-state index in [0.717, 1.165) is 0 Å². The molecule has 1 unspecified atom stereocenters. The highest BCUT2D eigenvalue weighted by Crippen LogP contribution is 2.35. The summed E-state index contributed by atoms with van der Waals surface area (Å²) < 4.78 is 38.8. The molecule has 118 valence electrons. The second-order valence-electron chi connectivity index (χ2n) is 5.26. The molecule has 1 aromatic rings. The van der Waals surface area contributed by atoms with Crippen LogP contribution < -0.4 is 16.2 Å². The van der Waals surface area contributed by atoms with Gasteiger partial charge >= 0.3 is 6.18 Å². The lowest BCUT2D eigenvalue weighted by atomic mass is 9.97. The van der Waals surface area contributed by atoms with Gasteiger partial charge in [-0.25, -0.2) is 15.8 Å². The van der Waals surface area contributed by atoms with E-state index in [-0.39, 0.29) is 13.0 Å². The lowest BCUT2D eigenvalue weighted by Gasteiger charge is -2.35. The van der Waals surface area contributed by atoms with Crippen LogP contribution in [0.2, 0.25) is 0 Å². The number of aryl methyl sites for hydroxylation is 1. The van der Waals surface area contributed by atoms with Crippen LogP contribution in [-0.4, -0.2) is 29.2 Å². The van der Waals surface area contributed by atoms with E-state index >= 15 is 0 Å². The monoisotopic (exact) mass is 303 g/mol. The first kappa shape index (κ1) is 15.8. The minimum absolute atomic E-state index is 0.0610. The maximum atomic E-state index is 12.9. The number of nitrogen functional groups attached to an aromatic ring is 1. The van der Waals surface area contributed by atoms with E-state index in [1.807, 2.05) is 6.92 Å². The summed E-state index contributed by atoms with van der Waals surface area (Å²) in [5, 5.41) is 0. The number of piperidine rings is 1. The first-order valence-electron chi connectivity index (χ1n) is 7.02. The Morgan fingerprint density at radius 3 is 2.67 bits per heavy atom. The number of alkyl halides is 3. The van der Waals surface area contributed by atoms with Crippen LogP contribution in [0.5, 0.6) is 0 Å². The van der Waals surface area contributed by atoms with Gasteiger partial charge in [0.25, 0.3) is 0 Å². The summed E-state index contributed by atoms with van der Waals surface area (Å²) >= 11 is 0. The lowest BCUT2D eigenvalue weighted by Crippen LogP contribution is -2.42. The molecule has 21 heavy (non-hydrogen) atoms. The molecule has 1 aromatic heterocycles. The maximum absolute atomic E-state index is 12.9. The first-order valence-corrected chi connectivity index (χ1v) is 7.02. The van der Waals surface area contributed by atoms with E-state index in [2.05, 4.69) is 15.4 Å². The van der Waals surface area contributed by atoms with Crippen LogP contribution in [0.1, 0.15) is 31.2 Å². The Hall–Kier alpha value is -1.57. The molecular weight excluding hydrogens is 283 g/mol. The number of anilines is 2. The molecule has 1 atom stereocenters. The fourth-order valence-corrected chi connectivity index (χ4v) is 2.59. The Labute approximate surface area is 121 Å². The molecule has 1 fully saturated rings. The molecule has 0 spiro atoms. The zero-order chi connectivity index (χ0) is 15.6. The molecule has 1 aliphatic rings. The highest BCUT2D eigenvalue weighted by molar-refractivity contribution is 5.58. The number of hydrogen-bond acceptors (Lipinski definition) is 5. The standard InChI is InChI=1S/C13H20F3N5/c1-3-10-18-11(20-17)8(2)12(19-10)21-6-4-5-9(7-21)13(14,15)16/h9H,3-7,17H2,1-2H3,(H,18,19,20). The maximum Gasteiger partial charge on any atom is 0.393 e. The van der Waals surface area contributed by atoms with E-state index in [0.29, 0.717) is 42.4 Å². The van der Waals surface area contributed by atoms with Crippen LogP contribution in [0.15, 0.2) is 0 Å². The first-order chi connectivity index (χ1) is 9.86. The molecule has 0 amide bonds. The van der Waals surface area contributed by atoms with Gasteiger partial charge in [0.05, 0.1) is 5.92 Å². The summed E-state index contributed by atoms with van der Waals surface area (Å²) in [6.45, 7) is 4.16. The molecule has 1 saturated heterocycles. The van der Waals surface area contributed by atoms with E-state index in [1.165, 1.54) is 0 Å². The Kier molecular flexibility index (Phi) is 4.55. The van der Waals surface area contributed by atoms with Gasteiger partial charge in [-0.1, -0.05) is 6.92 Å². The van der Waals surface area contributed by atoms with Gasteiger partial charge in [0.1, 0.15) is 17.5 Å². The highest BCUT2D eigenvalue weighted by Gasteiger charge is 2.42. The van der Waals surface area contributed by atoms with Crippen LogP contribution in [0.25, 0.3) is 0 Å². The molecule has 2 rings (SSSR count). The summed E-state index contributed by atoms with van der Waals surface area (Å²) in [5.74, 6) is 5.70. The lowest BCUT2D eigenvalue weighted by molar-refractivity contribution is -0.176. The molecule has 0 bridgehead atoms. The molecule has 8 heteroatoms. The Balaban J connectivity index is 2.32. The number of nitrogens with two attached hydrogens (primary N) is 1. The predicted molar refractivity (Wildman–Crippen MR) is 74.9 cm³/mol. The second-order valence-corrected chi connectivity index (χ2v) is 5.26. The van der Waals surface area contributed by atoms with Crippen molar-refractivity contribution in [2.75, 3.05) is 23.4 Å². The topological polar surface area (TPSA) is 67.1 Å². The number of hydrazine groups is 1. The average molecular weight is 303 g/mol. The third-order valence-electron chi connectivity index (χ3n) is 3.80. The SMILES string of the molecule is CCc1nc(NN)c(C)c(N2CCCC(C(F)(F)F)C2)n1. The van der Waals surface area contributed by atoms with Gasteiger partial charge in [-0.15, -0.1) is 0 Å². The summed E-state index contributed by atoms with van der Waals surface area (Å²) in [6, 6.07) is 0. The molecule has 1 aliphatic heterocycles. The van der Waals surface area contributed by atoms with Crippen molar-refractivity contribution >= 4 is 11.6 Å². The Bertz CT molecular complexity index is 503. The zero-order valence-electron chi connectivity index (χ0n) is 12.2. The zero-order valence-corrected chi connectivity index (χ0v) is 12.2. The highest BCUT2D eigenvalue weighted by atomic mass is 19.4. The van der Waals surface area contributed by atoms with Crippen molar-refractivity contribution < 1.29 is 13.2 Å². The van der Waals surface area contributed by atoms with Gasteiger partial charge in [0.2, 0.25) is 0 Å². The van der Waals surface area contributed by atoms with Crippen LogP contribution >= 0.6 is 0 Å². The van der Waals surface area contributed by atoms with Crippen molar-refractivity contribution in [3.05, 3.63) is 11.4 Å². The number of hydrogen-bond donors (Lipinski definition) is 2.